The molecule has 0 atom stereocenters. The van der Waals surface area contributed by atoms with E-state index in [9.17, 15) is 0 Å². The SMILES string of the molecule is CC(C)(C)c1c[c-]c(-c2[c-]c(-c3ccc4oc5ccc6c7ccccc7[n-]c6c5c4n3)cc(-c3ccc(C(C)(C)C)cc3)c2)cc1.[Au+3]. The van der Waals surface area contributed by atoms with Crippen molar-refractivity contribution in [3.8, 4) is 33.5 Å². The van der Waals surface area contributed by atoms with Gasteiger partial charge in [0, 0.05) is 11.1 Å². The van der Waals surface area contributed by atoms with Crippen LogP contribution in [0.4, 0.5) is 0 Å². The first-order chi connectivity index (χ1) is 22.0. The predicted molar refractivity (Wildman–Crippen MR) is 191 cm³/mol. The molecule has 8 rings (SSSR count). The maximum absolute atomic E-state index is 6.29. The van der Waals surface area contributed by atoms with E-state index in [-0.39, 0.29) is 33.2 Å². The van der Waals surface area contributed by atoms with Crippen molar-refractivity contribution < 1.29 is 26.8 Å². The molecular formula is C43H35AuN2O. The first-order valence-electron chi connectivity index (χ1n) is 15.9. The molecule has 8 aromatic rings. The molecule has 0 bridgehead atoms. The molecule has 234 valence electrons. The van der Waals surface area contributed by atoms with Crippen molar-refractivity contribution in [2.24, 2.45) is 0 Å². The minimum Gasteiger partial charge on any atom is -0.656 e. The molecular weight excluding hydrogens is 757 g/mol. The quantitative estimate of drug-likeness (QED) is 0.132. The van der Waals surface area contributed by atoms with E-state index in [2.05, 4.69) is 133 Å². The van der Waals surface area contributed by atoms with Gasteiger partial charge in [-0.1, -0.05) is 108 Å². The number of hydrogen-bond acceptors (Lipinski definition) is 2. The molecule has 0 radical (unpaired) electrons. The van der Waals surface area contributed by atoms with Crippen LogP contribution in [0.5, 0.6) is 0 Å². The van der Waals surface area contributed by atoms with E-state index in [1.54, 1.807) is 0 Å². The van der Waals surface area contributed by atoms with Gasteiger partial charge in [-0.2, -0.15) is 35.9 Å². The molecule has 3 aromatic heterocycles. The van der Waals surface area contributed by atoms with Crippen molar-refractivity contribution >= 4 is 43.9 Å². The molecule has 0 spiro atoms. The molecule has 0 aliphatic heterocycles. The topological polar surface area (TPSA) is 40.1 Å². The van der Waals surface area contributed by atoms with Gasteiger partial charge in [0.15, 0.2) is 5.58 Å². The average molecular weight is 793 g/mol. The number of aromatic nitrogens is 2. The second-order valence-electron chi connectivity index (χ2n) is 14.4. The van der Waals surface area contributed by atoms with E-state index in [0.717, 1.165) is 77.4 Å². The summed E-state index contributed by atoms with van der Waals surface area (Å²) in [4.78, 5) is 10.3. The second kappa shape index (κ2) is 11.4. The van der Waals surface area contributed by atoms with E-state index in [1.807, 2.05) is 24.3 Å². The molecule has 0 fully saturated rings. The third kappa shape index (κ3) is 5.53. The van der Waals surface area contributed by atoms with Gasteiger partial charge < -0.3 is 9.40 Å². The number of nitrogens with zero attached hydrogens (tertiary/aromatic N) is 2. The number of hydrogen-bond donors (Lipinski definition) is 0. The number of rotatable bonds is 3. The molecule has 0 N–H and O–H groups in total. The van der Waals surface area contributed by atoms with Crippen molar-refractivity contribution in [3.63, 3.8) is 0 Å². The molecule has 0 saturated carbocycles. The molecule has 4 heteroatoms. The van der Waals surface area contributed by atoms with E-state index in [1.165, 1.54) is 11.1 Å². The molecule has 0 saturated heterocycles. The van der Waals surface area contributed by atoms with Gasteiger partial charge in [0.05, 0.1) is 0 Å². The summed E-state index contributed by atoms with van der Waals surface area (Å²) in [7, 11) is 0. The average Bonchev–Trinajstić information content (AvgIpc) is 3.62. The molecule has 0 aliphatic rings. The normalized spacial score (nSPS) is 12.3. The number of benzene rings is 5. The number of pyridine rings is 1. The van der Waals surface area contributed by atoms with Crippen molar-refractivity contribution in [2.45, 2.75) is 52.4 Å². The third-order valence-electron chi connectivity index (χ3n) is 9.08. The molecule has 5 aromatic carbocycles. The number of fused-ring (bicyclic) bond motifs is 7. The van der Waals surface area contributed by atoms with Gasteiger partial charge in [0.25, 0.3) is 0 Å². The Balaban J connectivity index is 0.00000351. The molecule has 3 nitrogen and oxygen atoms in total. The molecule has 0 amide bonds. The Hall–Kier alpha value is -4.41. The van der Waals surface area contributed by atoms with Gasteiger partial charge >= 0.3 is 22.4 Å². The third-order valence-corrected chi connectivity index (χ3v) is 9.08. The van der Waals surface area contributed by atoms with Crippen LogP contribution in [0.3, 0.4) is 0 Å². The van der Waals surface area contributed by atoms with Gasteiger partial charge in [-0.25, -0.2) is 5.56 Å². The molecule has 47 heavy (non-hydrogen) atoms. The van der Waals surface area contributed by atoms with Crippen LogP contribution in [0.1, 0.15) is 52.7 Å². The van der Waals surface area contributed by atoms with Crippen molar-refractivity contribution in [3.05, 3.63) is 126 Å². The summed E-state index contributed by atoms with van der Waals surface area (Å²) in [6.45, 7) is 13.4. The summed E-state index contributed by atoms with van der Waals surface area (Å²) in [5, 5.41) is 3.20. The standard InChI is InChI=1S/C43H35N2O.Au/c1-42(2,3)31-15-11-26(12-16-31)28-23-29(27-13-17-32(18-14-27)43(4,5)6)25-30(24-28)35-20-22-38-41(44-35)39-37(46-38)21-19-34-33-9-7-8-10-36(33)45-40(34)39;/h7-13,15-24H,1-6H3;/q-3;+3. The zero-order chi connectivity index (χ0) is 31.8. The first-order valence-corrected chi connectivity index (χ1v) is 15.9. The zero-order valence-corrected chi connectivity index (χ0v) is 29.6. The van der Waals surface area contributed by atoms with Crippen molar-refractivity contribution in [2.75, 3.05) is 0 Å². The van der Waals surface area contributed by atoms with E-state index < -0.39 is 0 Å². The van der Waals surface area contributed by atoms with Gasteiger partial charge in [0.2, 0.25) is 0 Å². The summed E-state index contributed by atoms with van der Waals surface area (Å²) >= 11 is 0. The monoisotopic (exact) mass is 792 g/mol. The summed E-state index contributed by atoms with van der Waals surface area (Å²) in [6, 6.07) is 43.5. The predicted octanol–water partition coefficient (Wildman–Crippen LogP) is 11.4. The number of para-hydroxylation sites is 1. The van der Waals surface area contributed by atoms with Crippen LogP contribution in [0.2, 0.25) is 0 Å². The van der Waals surface area contributed by atoms with Crippen molar-refractivity contribution in [1.29, 1.82) is 0 Å². The fourth-order valence-corrected chi connectivity index (χ4v) is 6.36. The minimum absolute atomic E-state index is 0. The fraction of sp³-hybridized carbons (Fsp3) is 0.186. The zero-order valence-electron chi connectivity index (χ0n) is 27.4. The van der Waals surface area contributed by atoms with Gasteiger partial charge in [-0.05, 0) is 44.9 Å². The summed E-state index contributed by atoms with van der Waals surface area (Å²) < 4.78 is 6.29. The Kier molecular flexibility index (Phi) is 7.56. The van der Waals surface area contributed by atoms with Gasteiger partial charge in [0.1, 0.15) is 11.1 Å². The van der Waals surface area contributed by atoms with E-state index >= 15 is 0 Å². The maximum atomic E-state index is 6.29. The van der Waals surface area contributed by atoms with E-state index in [0.29, 0.717) is 0 Å². The molecule has 0 aliphatic carbocycles. The Bertz CT molecular complexity index is 2340. The van der Waals surface area contributed by atoms with Gasteiger partial charge in [-0.3, -0.25) is 4.98 Å². The van der Waals surface area contributed by atoms with Crippen LogP contribution in [-0.4, -0.2) is 4.98 Å². The minimum atomic E-state index is 0. The summed E-state index contributed by atoms with van der Waals surface area (Å²) in [6.07, 6.45) is 0. The first kappa shape index (κ1) is 31.2. The van der Waals surface area contributed by atoms with Crippen LogP contribution in [-0.2, 0) is 33.2 Å². The van der Waals surface area contributed by atoms with Gasteiger partial charge in [-0.15, -0.1) is 34.3 Å². The van der Waals surface area contributed by atoms with Crippen molar-refractivity contribution in [1.82, 2.24) is 9.97 Å². The molecule has 3 heterocycles. The Morgan fingerprint density at radius 2 is 1.34 bits per heavy atom. The maximum Gasteiger partial charge on any atom is 3.00 e. The fourth-order valence-electron chi connectivity index (χ4n) is 6.36. The summed E-state index contributed by atoms with van der Waals surface area (Å²) in [5.74, 6) is 0. The van der Waals surface area contributed by atoms with Crippen LogP contribution >= 0.6 is 0 Å². The molecule has 0 unspecified atom stereocenters. The Morgan fingerprint density at radius 3 is 2.06 bits per heavy atom. The van der Waals surface area contributed by atoms with Crippen LogP contribution in [0, 0.1) is 12.1 Å². The second-order valence-corrected chi connectivity index (χ2v) is 14.4. The summed E-state index contributed by atoms with van der Waals surface area (Å²) in [5.41, 5.74) is 13.0. The smallest absolute Gasteiger partial charge is 0.656 e. The van der Waals surface area contributed by atoms with Crippen LogP contribution in [0.15, 0.2) is 108 Å². The van der Waals surface area contributed by atoms with Crippen LogP contribution in [0.25, 0.3) is 77.4 Å². The largest absolute Gasteiger partial charge is 3.00 e. The number of furan rings is 1. The van der Waals surface area contributed by atoms with Crippen LogP contribution < -0.4 is 4.98 Å². The Labute approximate surface area is 291 Å². The van der Waals surface area contributed by atoms with E-state index in [4.69, 9.17) is 14.4 Å². The Morgan fingerprint density at radius 1 is 0.638 bits per heavy atom.